The van der Waals surface area contributed by atoms with Crippen molar-refractivity contribution in [3.8, 4) is 11.3 Å². The van der Waals surface area contributed by atoms with E-state index in [0.29, 0.717) is 18.2 Å². The van der Waals surface area contributed by atoms with Gasteiger partial charge in [-0.1, -0.05) is 30.3 Å². The van der Waals surface area contributed by atoms with E-state index in [4.69, 9.17) is 4.74 Å². The average molecular weight is 388 g/mol. The first-order valence-corrected chi connectivity index (χ1v) is 9.65. The maximum Gasteiger partial charge on any atom is 0.254 e. The summed E-state index contributed by atoms with van der Waals surface area (Å²) in [5.41, 5.74) is 2.75. The summed E-state index contributed by atoms with van der Waals surface area (Å²) in [7, 11) is 0. The van der Waals surface area contributed by atoms with Crippen molar-refractivity contribution in [2.45, 2.75) is 39.3 Å². The molecule has 144 valence electrons. The highest BCUT2D eigenvalue weighted by atomic mass is 32.1. The van der Waals surface area contributed by atoms with E-state index in [2.05, 4.69) is 22.2 Å². The summed E-state index contributed by atoms with van der Waals surface area (Å²) >= 11 is 1.37. The molecule has 0 aliphatic rings. The first-order chi connectivity index (χ1) is 12.9. The molecule has 0 spiro atoms. The third-order valence-electron chi connectivity index (χ3n) is 3.92. The molecule has 1 aromatic heterocycles. The highest BCUT2D eigenvalue weighted by Gasteiger charge is 2.15. The fourth-order valence-electron chi connectivity index (χ4n) is 2.41. The van der Waals surface area contributed by atoms with Crippen molar-refractivity contribution in [1.29, 1.82) is 0 Å². The van der Waals surface area contributed by atoms with Crippen molar-refractivity contribution in [3.63, 3.8) is 0 Å². The molecule has 7 heteroatoms. The molecule has 0 saturated heterocycles. The molecule has 0 bridgehead atoms. The number of nitrogens with zero attached hydrogens (tertiary/aromatic N) is 1. The molecule has 2 atom stereocenters. The first kappa shape index (κ1) is 20.8. The van der Waals surface area contributed by atoms with Crippen molar-refractivity contribution in [2.24, 2.45) is 0 Å². The van der Waals surface area contributed by atoms with Crippen LogP contribution in [-0.2, 0) is 14.3 Å². The number of aromatic nitrogens is 1. The molecule has 0 aliphatic heterocycles. The topological polar surface area (TPSA) is 80.3 Å². The van der Waals surface area contributed by atoms with E-state index in [9.17, 15) is 9.59 Å². The number of anilines is 1. The fraction of sp³-hybridized carbons (Fsp3) is 0.350. The van der Waals surface area contributed by atoms with Crippen LogP contribution in [0.1, 0.15) is 38.8 Å². The molecule has 2 unspecified atom stereocenters. The zero-order valence-electron chi connectivity index (χ0n) is 15.8. The Morgan fingerprint density at radius 2 is 2.00 bits per heavy atom. The Bertz CT molecular complexity index is 786. The monoisotopic (exact) mass is 387 g/mol. The Morgan fingerprint density at radius 3 is 2.63 bits per heavy atom. The smallest absolute Gasteiger partial charge is 0.254 e. The molecule has 1 heterocycles. The quantitative estimate of drug-likeness (QED) is 0.505. The van der Waals surface area contributed by atoms with Crippen LogP contribution in [0.4, 0.5) is 5.13 Å². The number of hydrogen-bond acceptors (Lipinski definition) is 5. The van der Waals surface area contributed by atoms with Gasteiger partial charge in [0.25, 0.3) is 5.91 Å². The molecule has 6 nitrogen and oxygen atoms in total. The van der Waals surface area contributed by atoms with Gasteiger partial charge in [-0.3, -0.25) is 14.9 Å². The minimum atomic E-state index is -0.549. The lowest BCUT2D eigenvalue weighted by Crippen LogP contribution is -2.27. The van der Waals surface area contributed by atoms with Gasteiger partial charge >= 0.3 is 0 Å². The second kappa shape index (κ2) is 9.99. The molecule has 2 aromatic rings. The van der Waals surface area contributed by atoms with Crippen LogP contribution in [0.25, 0.3) is 11.3 Å². The summed E-state index contributed by atoms with van der Waals surface area (Å²) in [5, 5.41) is 8.06. The molecule has 1 aromatic carbocycles. The molecule has 0 fully saturated rings. The van der Waals surface area contributed by atoms with Crippen molar-refractivity contribution >= 4 is 28.3 Å². The largest absolute Gasteiger partial charge is 0.368 e. The molecule has 0 aliphatic carbocycles. The number of nitrogens with one attached hydrogen (secondary N) is 2. The van der Waals surface area contributed by atoms with Gasteiger partial charge in [-0.2, -0.15) is 0 Å². The molecule has 27 heavy (non-hydrogen) atoms. The van der Waals surface area contributed by atoms with Gasteiger partial charge < -0.3 is 10.1 Å². The van der Waals surface area contributed by atoms with Gasteiger partial charge in [0.2, 0.25) is 5.91 Å². The minimum Gasteiger partial charge on any atom is -0.368 e. The lowest BCUT2D eigenvalue weighted by Gasteiger charge is -2.13. The molecule has 0 radical (unpaired) electrons. The van der Waals surface area contributed by atoms with E-state index in [0.717, 1.165) is 16.8 Å². The fourth-order valence-corrected chi connectivity index (χ4v) is 3.13. The molecular weight excluding hydrogens is 362 g/mol. The van der Waals surface area contributed by atoms with Gasteiger partial charge in [0.1, 0.15) is 6.10 Å². The van der Waals surface area contributed by atoms with Crippen LogP contribution in [0.2, 0.25) is 0 Å². The van der Waals surface area contributed by atoms with Crippen molar-refractivity contribution < 1.29 is 14.3 Å². The number of ether oxygens (including phenoxy) is 1. The summed E-state index contributed by atoms with van der Waals surface area (Å²) < 4.78 is 5.43. The number of benzene rings is 1. The van der Waals surface area contributed by atoms with E-state index < -0.39 is 6.10 Å². The Balaban J connectivity index is 1.97. The van der Waals surface area contributed by atoms with E-state index in [1.54, 1.807) is 13.0 Å². The van der Waals surface area contributed by atoms with Crippen LogP contribution in [0.3, 0.4) is 0 Å². The number of thiazole rings is 1. The summed E-state index contributed by atoms with van der Waals surface area (Å²) in [6.07, 6.45) is 1.90. The van der Waals surface area contributed by atoms with Crippen LogP contribution in [0.15, 0.2) is 42.3 Å². The van der Waals surface area contributed by atoms with E-state index >= 15 is 0 Å². The van der Waals surface area contributed by atoms with Crippen LogP contribution in [0, 0.1) is 0 Å². The first-order valence-electron chi connectivity index (χ1n) is 8.77. The van der Waals surface area contributed by atoms with Crippen molar-refractivity contribution in [3.05, 3.63) is 47.9 Å². The predicted octanol–water partition coefficient (Wildman–Crippen LogP) is 3.93. The molecule has 0 saturated carbocycles. The Hall–Kier alpha value is -2.51. The standard InChI is InChI=1S/C20H25N3O3S/c1-5-6-11-26-14(3)19(25)23-20-22-18(12-27-20)17-9-7-16(8-10-17)13(2)21-15(4)24/h5,7-10,12-14H,1,6,11H2,2-4H3,(H,21,24)(H,22,23,25). The van der Waals surface area contributed by atoms with Crippen LogP contribution >= 0.6 is 11.3 Å². The zero-order chi connectivity index (χ0) is 19.8. The van der Waals surface area contributed by atoms with Gasteiger partial charge in [0.05, 0.1) is 18.3 Å². The summed E-state index contributed by atoms with van der Waals surface area (Å²) in [5.74, 6) is -0.284. The van der Waals surface area contributed by atoms with Gasteiger partial charge in [0.15, 0.2) is 5.13 Å². The van der Waals surface area contributed by atoms with E-state index in [-0.39, 0.29) is 17.9 Å². The highest BCUT2D eigenvalue weighted by Crippen LogP contribution is 2.26. The normalized spacial score (nSPS) is 12.9. The maximum atomic E-state index is 12.1. The molecule has 2 rings (SSSR count). The second-order valence-corrected chi connectivity index (χ2v) is 7.02. The van der Waals surface area contributed by atoms with Gasteiger partial charge in [-0.05, 0) is 25.8 Å². The lowest BCUT2D eigenvalue weighted by molar-refractivity contribution is -0.126. The van der Waals surface area contributed by atoms with Gasteiger partial charge in [-0.15, -0.1) is 17.9 Å². The number of amides is 2. The summed E-state index contributed by atoms with van der Waals surface area (Å²) in [6, 6.07) is 7.78. The third-order valence-corrected chi connectivity index (χ3v) is 4.68. The Labute approximate surface area is 163 Å². The third kappa shape index (κ3) is 6.30. The van der Waals surface area contributed by atoms with Crippen molar-refractivity contribution in [1.82, 2.24) is 10.3 Å². The zero-order valence-corrected chi connectivity index (χ0v) is 16.6. The summed E-state index contributed by atoms with van der Waals surface area (Å²) in [6.45, 7) is 9.23. The van der Waals surface area contributed by atoms with E-state index in [1.165, 1.54) is 18.3 Å². The van der Waals surface area contributed by atoms with Gasteiger partial charge in [0, 0.05) is 17.9 Å². The lowest BCUT2D eigenvalue weighted by atomic mass is 10.1. The molecule has 2 amide bonds. The average Bonchev–Trinajstić information content (AvgIpc) is 3.09. The highest BCUT2D eigenvalue weighted by molar-refractivity contribution is 7.14. The predicted molar refractivity (Wildman–Crippen MR) is 109 cm³/mol. The van der Waals surface area contributed by atoms with Crippen LogP contribution < -0.4 is 10.6 Å². The molecule has 2 N–H and O–H groups in total. The Kier molecular flexibility index (Phi) is 7.69. The number of carbonyl (C=O) groups excluding carboxylic acids is 2. The number of rotatable bonds is 9. The van der Waals surface area contributed by atoms with Crippen LogP contribution in [0.5, 0.6) is 0 Å². The number of carbonyl (C=O) groups is 2. The van der Waals surface area contributed by atoms with Gasteiger partial charge in [-0.25, -0.2) is 4.98 Å². The number of hydrogen-bond donors (Lipinski definition) is 2. The summed E-state index contributed by atoms with van der Waals surface area (Å²) in [4.78, 5) is 27.8. The second-order valence-electron chi connectivity index (χ2n) is 6.16. The van der Waals surface area contributed by atoms with Crippen LogP contribution in [-0.4, -0.2) is 29.5 Å². The maximum absolute atomic E-state index is 12.1. The van der Waals surface area contributed by atoms with Crippen molar-refractivity contribution in [2.75, 3.05) is 11.9 Å². The Morgan fingerprint density at radius 1 is 1.30 bits per heavy atom. The van der Waals surface area contributed by atoms with E-state index in [1.807, 2.05) is 36.6 Å². The minimum absolute atomic E-state index is 0.0515. The SMILES string of the molecule is C=CCCOC(C)C(=O)Nc1nc(-c2ccc(C(C)NC(C)=O)cc2)cs1. The molecular formula is C20H25N3O3S.